The molecular formula is C12H20F3N3. The van der Waals surface area contributed by atoms with E-state index in [0.717, 1.165) is 25.3 Å². The van der Waals surface area contributed by atoms with Gasteiger partial charge in [-0.05, 0) is 6.42 Å². The standard InChI is InChI=1S/C12H20F3N3/c1-2-3-4-5-6-7-8-18-11(16)9-10(17-18)12(13,14)15/h9H,2-8,16H2,1H3. The number of nitrogens with zero attached hydrogens (tertiary/aromatic N) is 2. The maximum absolute atomic E-state index is 12.4. The third-order valence-corrected chi connectivity index (χ3v) is 2.82. The first-order chi connectivity index (χ1) is 8.45. The van der Waals surface area contributed by atoms with Gasteiger partial charge >= 0.3 is 6.18 Å². The highest BCUT2D eigenvalue weighted by Gasteiger charge is 2.34. The van der Waals surface area contributed by atoms with E-state index in [1.54, 1.807) is 0 Å². The number of anilines is 1. The molecular weight excluding hydrogens is 243 g/mol. The largest absolute Gasteiger partial charge is 0.435 e. The van der Waals surface area contributed by atoms with Crippen molar-refractivity contribution in [3.05, 3.63) is 11.8 Å². The molecule has 0 aliphatic heterocycles. The summed E-state index contributed by atoms with van der Waals surface area (Å²) < 4.78 is 38.4. The molecule has 6 heteroatoms. The van der Waals surface area contributed by atoms with Gasteiger partial charge in [-0.2, -0.15) is 18.3 Å². The molecule has 0 bridgehead atoms. The van der Waals surface area contributed by atoms with E-state index in [-0.39, 0.29) is 5.82 Å². The van der Waals surface area contributed by atoms with Gasteiger partial charge in [0.2, 0.25) is 0 Å². The molecule has 0 fully saturated rings. The van der Waals surface area contributed by atoms with E-state index < -0.39 is 11.9 Å². The molecule has 0 atom stereocenters. The molecule has 1 aromatic heterocycles. The van der Waals surface area contributed by atoms with Gasteiger partial charge in [0.15, 0.2) is 5.69 Å². The van der Waals surface area contributed by atoms with Crippen LogP contribution in [0.2, 0.25) is 0 Å². The quantitative estimate of drug-likeness (QED) is 0.759. The summed E-state index contributed by atoms with van der Waals surface area (Å²) in [7, 11) is 0. The summed E-state index contributed by atoms with van der Waals surface area (Å²) in [4.78, 5) is 0. The molecule has 0 amide bonds. The number of rotatable bonds is 7. The number of hydrogen-bond donors (Lipinski definition) is 1. The fourth-order valence-electron chi connectivity index (χ4n) is 1.79. The molecule has 0 saturated carbocycles. The zero-order valence-corrected chi connectivity index (χ0v) is 10.6. The number of aromatic nitrogens is 2. The summed E-state index contributed by atoms with van der Waals surface area (Å²) in [5, 5.41) is 3.48. The Morgan fingerprint density at radius 1 is 1.17 bits per heavy atom. The Bertz CT molecular complexity index is 358. The van der Waals surface area contributed by atoms with Gasteiger partial charge in [0, 0.05) is 12.6 Å². The van der Waals surface area contributed by atoms with Crippen LogP contribution in [0.5, 0.6) is 0 Å². The molecule has 0 aliphatic rings. The molecule has 0 aromatic carbocycles. The Balaban J connectivity index is 2.36. The van der Waals surface area contributed by atoms with Crippen LogP contribution < -0.4 is 5.73 Å². The lowest BCUT2D eigenvalue weighted by molar-refractivity contribution is -0.141. The predicted molar refractivity (Wildman–Crippen MR) is 65.0 cm³/mol. The number of nitrogen functional groups attached to an aromatic ring is 1. The molecule has 104 valence electrons. The van der Waals surface area contributed by atoms with Crippen molar-refractivity contribution in [3.63, 3.8) is 0 Å². The molecule has 1 rings (SSSR count). The fraction of sp³-hybridized carbons (Fsp3) is 0.750. The maximum Gasteiger partial charge on any atom is 0.435 e. The maximum atomic E-state index is 12.4. The van der Waals surface area contributed by atoms with Gasteiger partial charge in [0.1, 0.15) is 5.82 Å². The van der Waals surface area contributed by atoms with Crippen molar-refractivity contribution in [2.75, 3.05) is 5.73 Å². The van der Waals surface area contributed by atoms with Crippen molar-refractivity contribution in [3.8, 4) is 0 Å². The Hall–Kier alpha value is -1.20. The van der Waals surface area contributed by atoms with Gasteiger partial charge in [0.05, 0.1) is 0 Å². The molecule has 0 radical (unpaired) electrons. The van der Waals surface area contributed by atoms with E-state index in [4.69, 9.17) is 5.73 Å². The first-order valence-electron chi connectivity index (χ1n) is 6.35. The highest BCUT2D eigenvalue weighted by Crippen LogP contribution is 2.29. The summed E-state index contributed by atoms with van der Waals surface area (Å²) in [6.45, 7) is 2.59. The number of halogens is 3. The van der Waals surface area contributed by atoms with Gasteiger partial charge < -0.3 is 5.73 Å². The number of aryl methyl sites for hydroxylation is 1. The lowest BCUT2D eigenvalue weighted by atomic mass is 10.1. The van der Waals surface area contributed by atoms with Crippen LogP contribution in [-0.4, -0.2) is 9.78 Å². The highest BCUT2D eigenvalue weighted by atomic mass is 19.4. The summed E-state index contributed by atoms with van der Waals surface area (Å²) in [6, 6.07) is 0.886. The van der Waals surface area contributed by atoms with Crippen LogP contribution in [0.25, 0.3) is 0 Å². The minimum absolute atomic E-state index is 0.0795. The Kier molecular flexibility index (Phi) is 5.50. The lowest BCUT2D eigenvalue weighted by Gasteiger charge is -2.04. The minimum Gasteiger partial charge on any atom is -0.384 e. The van der Waals surface area contributed by atoms with Crippen molar-refractivity contribution in [2.24, 2.45) is 0 Å². The summed E-state index contributed by atoms with van der Waals surface area (Å²) in [5.74, 6) is 0.0795. The second kappa shape index (κ2) is 6.66. The topological polar surface area (TPSA) is 43.8 Å². The first-order valence-corrected chi connectivity index (χ1v) is 6.35. The van der Waals surface area contributed by atoms with E-state index in [9.17, 15) is 13.2 Å². The molecule has 1 heterocycles. The first kappa shape index (κ1) is 14.9. The molecule has 0 spiro atoms. The van der Waals surface area contributed by atoms with E-state index in [1.807, 2.05) is 0 Å². The Morgan fingerprint density at radius 2 is 1.78 bits per heavy atom. The van der Waals surface area contributed by atoms with E-state index in [2.05, 4.69) is 12.0 Å². The van der Waals surface area contributed by atoms with Crippen LogP contribution in [0.4, 0.5) is 19.0 Å². The van der Waals surface area contributed by atoms with E-state index >= 15 is 0 Å². The van der Waals surface area contributed by atoms with E-state index in [1.165, 1.54) is 23.9 Å². The average Bonchev–Trinajstić information content (AvgIpc) is 2.65. The molecule has 0 saturated heterocycles. The van der Waals surface area contributed by atoms with Gasteiger partial charge in [0.25, 0.3) is 0 Å². The van der Waals surface area contributed by atoms with Crippen molar-refractivity contribution >= 4 is 5.82 Å². The molecule has 0 unspecified atom stereocenters. The van der Waals surface area contributed by atoms with Crippen LogP contribution in [0.3, 0.4) is 0 Å². The van der Waals surface area contributed by atoms with E-state index in [0.29, 0.717) is 6.54 Å². The second-order valence-corrected chi connectivity index (χ2v) is 4.44. The predicted octanol–water partition coefficient (Wildman–Crippen LogP) is 3.84. The highest BCUT2D eigenvalue weighted by molar-refractivity contribution is 5.31. The van der Waals surface area contributed by atoms with Crippen LogP contribution >= 0.6 is 0 Å². The van der Waals surface area contributed by atoms with Gasteiger partial charge in [-0.3, -0.25) is 0 Å². The van der Waals surface area contributed by atoms with Crippen molar-refractivity contribution < 1.29 is 13.2 Å². The number of unbranched alkanes of at least 4 members (excludes halogenated alkanes) is 5. The van der Waals surface area contributed by atoms with Crippen molar-refractivity contribution in [2.45, 2.75) is 58.2 Å². The molecule has 0 aliphatic carbocycles. The van der Waals surface area contributed by atoms with Crippen LogP contribution in [0, 0.1) is 0 Å². The monoisotopic (exact) mass is 263 g/mol. The molecule has 3 nitrogen and oxygen atoms in total. The number of hydrogen-bond acceptors (Lipinski definition) is 2. The van der Waals surface area contributed by atoms with Gasteiger partial charge in [-0.15, -0.1) is 0 Å². The summed E-state index contributed by atoms with van der Waals surface area (Å²) in [5.41, 5.74) is 4.59. The van der Waals surface area contributed by atoms with Crippen molar-refractivity contribution in [1.82, 2.24) is 9.78 Å². The van der Waals surface area contributed by atoms with Crippen LogP contribution in [0.1, 0.15) is 51.1 Å². The number of alkyl halides is 3. The van der Waals surface area contributed by atoms with Crippen LogP contribution in [0.15, 0.2) is 6.07 Å². The van der Waals surface area contributed by atoms with Gasteiger partial charge in [-0.25, -0.2) is 4.68 Å². The molecule has 1 aromatic rings. The number of nitrogens with two attached hydrogens (primary N) is 1. The molecule has 18 heavy (non-hydrogen) atoms. The summed E-state index contributed by atoms with van der Waals surface area (Å²) in [6.07, 6.45) is 2.08. The fourth-order valence-corrected chi connectivity index (χ4v) is 1.79. The molecule has 2 N–H and O–H groups in total. The second-order valence-electron chi connectivity index (χ2n) is 4.44. The zero-order chi connectivity index (χ0) is 13.6. The Morgan fingerprint density at radius 3 is 2.33 bits per heavy atom. The summed E-state index contributed by atoms with van der Waals surface area (Å²) >= 11 is 0. The lowest BCUT2D eigenvalue weighted by Crippen LogP contribution is -2.09. The third kappa shape index (κ3) is 4.58. The van der Waals surface area contributed by atoms with Gasteiger partial charge in [-0.1, -0.05) is 39.0 Å². The normalized spacial score (nSPS) is 12.0. The van der Waals surface area contributed by atoms with Crippen molar-refractivity contribution in [1.29, 1.82) is 0 Å². The zero-order valence-electron chi connectivity index (χ0n) is 10.6. The SMILES string of the molecule is CCCCCCCCn1nc(C(F)(F)F)cc1N. The Labute approximate surface area is 105 Å². The smallest absolute Gasteiger partial charge is 0.384 e. The average molecular weight is 263 g/mol. The van der Waals surface area contributed by atoms with Crippen LogP contribution in [-0.2, 0) is 12.7 Å². The third-order valence-electron chi connectivity index (χ3n) is 2.82. The minimum atomic E-state index is -4.42.